The summed E-state index contributed by atoms with van der Waals surface area (Å²) in [5, 5.41) is 18.1. The number of carbonyl (C=O) groups is 1. The van der Waals surface area contributed by atoms with E-state index < -0.39 is 12.0 Å². The van der Waals surface area contributed by atoms with E-state index in [9.17, 15) is 9.90 Å². The first-order chi connectivity index (χ1) is 15.9. The third-order valence-corrected chi connectivity index (χ3v) is 6.56. The summed E-state index contributed by atoms with van der Waals surface area (Å²) in [4.78, 5) is 19.1. The molecule has 8 nitrogen and oxygen atoms in total. The van der Waals surface area contributed by atoms with E-state index in [0.717, 1.165) is 0 Å². The molecule has 2 heterocycles. The van der Waals surface area contributed by atoms with Gasteiger partial charge in [0.1, 0.15) is 0 Å². The lowest BCUT2D eigenvalue weighted by atomic mass is 10.0. The second-order valence-corrected chi connectivity index (χ2v) is 8.79. The van der Waals surface area contributed by atoms with Gasteiger partial charge in [0.15, 0.2) is 11.5 Å². The zero-order valence-electron chi connectivity index (χ0n) is 18.7. The van der Waals surface area contributed by atoms with Crippen LogP contribution in [0.5, 0.6) is 17.4 Å². The molecule has 33 heavy (non-hydrogen) atoms. The third kappa shape index (κ3) is 4.02. The summed E-state index contributed by atoms with van der Waals surface area (Å²) in [6.07, 6.45) is 1.35. The summed E-state index contributed by atoms with van der Waals surface area (Å²) in [5.74, 6) is 0.581. The van der Waals surface area contributed by atoms with Crippen LogP contribution >= 0.6 is 27.7 Å². The number of carbonyl (C=O) groups excluding carboxylic acids is 1. The summed E-state index contributed by atoms with van der Waals surface area (Å²) >= 11 is 4.91. The van der Waals surface area contributed by atoms with Gasteiger partial charge in [0.25, 0.3) is 17.0 Å². The van der Waals surface area contributed by atoms with Crippen molar-refractivity contribution in [2.75, 3.05) is 24.9 Å². The molecule has 4 rings (SSSR count). The molecule has 0 spiro atoms. The minimum absolute atomic E-state index is 0.108. The number of para-hydroxylation sites is 1. The van der Waals surface area contributed by atoms with Crippen molar-refractivity contribution >= 4 is 39.3 Å². The van der Waals surface area contributed by atoms with Crippen molar-refractivity contribution in [3.8, 4) is 28.6 Å². The number of methoxy groups -OCH3 is 1. The minimum Gasteiger partial charge on any atom is -0.854 e. The van der Waals surface area contributed by atoms with E-state index in [0.29, 0.717) is 50.2 Å². The van der Waals surface area contributed by atoms with E-state index in [-0.39, 0.29) is 12.3 Å². The predicted molar refractivity (Wildman–Crippen MR) is 127 cm³/mol. The monoisotopic (exact) mass is 530 g/mol. The van der Waals surface area contributed by atoms with Gasteiger partial charge in [0, 0.05) is 16.0 Å². The van der Waals surface area contributed by atoms with Gasteiger partial charge in [-0.05, 0) is 37.4 Å². The van der Waals surface area contributed by atoms with Gasteiger partial charge in [-0.15, -0.1) is 0 Å². The maximum absolute atomic E-state index is 13.3. The molecule has 0 N–H and O–H groups in total. The van der Waals surface area contributed by atoms with Gasteiger partial charge in [-0.1, -0.05) is 51.4 Å². The molecular weight excluding hydrogens is 508 g/mol. The Balaban J connectivity index is 2.08. The highest BCUT2D eigenvalue weighted by atomic mass is 79.9. The molecule has 2 aromatic carbocycles. The molecule has 0 saturated carbocycles. The molecule has 10 heteroatoms. The highest BCUT2D eigenvalue weighted by Crippen LogP contribution is 2.44. The molecule has 1 aliphatic rings. The largest absolute Gasteiger partial charge is 0.854 e. The Morgan fingerprint density at radius 1 is 1.27 bits per heavy atom. The topological polar surface area (TPSA) is 91.5 Å². The fourth-order valence-electron chi connectivity index (χ4n) is 3.92. The summed E-state index contributed by atoms with van der Waals surface area (Å²) in [6, 6.07) is 10.9. The molecule has 1 aromatic heterocycles. The van der Waals surface area contributed by atoms with Crippen LogP contribution in [0.25, 0.3) is 11.3 Å². The summed E-state index contributed by atoms with van der Waals surface area (Å²) in [5.41, 5.74) is 2.27. The molecule has 1 amide bonds. The van der Waals surface area contributed by atoms with Crippen LogP contribution in [-0.2, 0) is 4.79 Å². The van der Waals surface area contributed by atoms with Crippen molar-refractivity contribution in [1.29, 1.82) is 0 Å². The normalized spacial score (nSPS) is 14.5. The zero-order valence-corrected chi connectivity index (χ0v) is 21.1. The second kappa shape index (κ2) is 9.56. The van der Waals surface area contributed by atoms with Gasteiger partial charge in [-0.25, -0.2) is 9.88 Å². The molecular formula is C23H23BrN4O4S. The van der Waals surface area contributed by atoms with E-state index in [4.69, 9.17) is 9.47 Å². The number of hydrogen-bond donors (Lipinski definition) is 0. The van der Waals surface area contributed by atoms with E-state index in [1.165, 1.54) is 11.8 Å². The van der Waals surface area contributed by atoms with Crippen molar-refractivity contribution in [2.24, 2.45) is 0 Å². The Hall–Kier alpha value is -2.85. The summed E-state index contributed by atoms with van der Waals surface area (Å²) in [7, 11) is 1.57. The SMILES string of the molecule is CCOc1cc(C2N(C(=O)CC)c3ccccc3-c3c([O-])nc(SC)n[n+]32)c(Br)cc1OC. The number of aromatic nitrogens is 3. The Morgan fingerprint density at radius 3 is 2.70 bits per heavy atom. The van der Waals surface area contributed by atoms with Crippen molar-refractivity contribution in [3.63, 3.8) is 0 Å². The van der Waals surface area contributed by atoms with Crippen LogP contribution in [0.2, 0.25) is 0 Å². The van der Waals surface area contributed by atoms with Crippen molar-refractivity contribution in [1.82, 2.24) is 10.1 Å². The summed E-state index contributed by atoms with van der Waals surface area (Å²) in [6.45, 7) is 4.13. The molecule has 3 aromatic rings. The van der Waals surface area contributed by atoms with Crippen molar-refractivity contribution < 1.29 is 24.1 Å². The molecule has 0 aliphatic carbocycles. The number of hydrogen-bond acceptors (Lipinski definition) is 7. The zero-order chi connectivity index (χ0) is 23.7. The molecule has 172 valence electrons. The fraction of sp³-hybridized carbons (Fsp3) is 0.304. The molecule has 0 saturated heterocycles. The Kier molecular flexibility index (Phi) is 6.76. The number of thioether (sulfide) groups is 1. The first kappa shape index (κ1) is 23.3. The van der Waals surface area contributed by atoms with Crippen molar-refractivity contribution in [2.45, 2.75) is 31.6 Å². The smallest absolute Gasteiger partial charge is 0.294 e. The van der Waals surface area contributed by atoms with Gasteiger partial charge in [0.2, 0.25) is 5.91 Å². The second-order valence-electron chi connectivity index (χ2n) is 7.16. The van der Waals surface area contributed by atoms with E-state index in [1.807, 2.05) is 44.2 Å². The molecule has 0 radical (unpaired) electrons. The van der Waals surface area contributed by atoms with Crippen LogP contribution in [0.15, 0.2) is 46.0 Å². The van der Waals surface area contributed by atoms with Gasteiger partial charge in [0.05, 0.1) is 36.4 Å². The fourth-order valence-corrected chi connectivity index (χ4v) is 4.79. The highest BCUT2D eigenvalue weighted by molar-refractivity contribution is 9.10. The van der Waals surface area contributed by atoms with Crippen LogP contribution in [-0.4, -0.2) is 36.0 Å². The van der Waals surface area contributed by atoms with E-state index >= 15 is 0 Å². The first-order valence-electron chi connectivity index (χ1n) is 10.4. The lowest BCUT2D eigenvalue weighted by molar-refractivity contribution is -0.764. The average molecular weight is 531 g/mol. The Bertz CT molecular complexity index is 1220. The first-order valence-corrected chi connectivity index (χ1v) is 12.4. The lowest BCUT2D eigenvalue weighted by Gasteiger charge is -2.34. The quantitative estimate of drug-likeness (QED) is 0.354. The summed E-state index contributed by atoms with van der Waals surface area (Å²) < 4.78 is 13.6. The maximum atomic E-state index is 13.3. The van der Waals surface area contributed by atoms with E-state index in [1.54, 1.807) is 29.0 Å². The average Bonchev–Trinajstić information content (AvgIpc) is 2.83. The van der Waals surface area contributed by atoms with Gasteiger partial charge < -0.3 is 14.6 Å². The van der Waals surface area contributed by atoms with Crippen LogP contribution in [0.3, 0.4) is 0 Å². The maximum Gasteiger partial charge on any atom is 0.294 e. The molecule has 1 atom stereocenters. The lowest BCUT2D eigenvalue weighted by Crippen LogP contribution is -2.59. The number of anilines is 1. The van der Waals surface area contributed by atoms with Crippen LogP contribution in [0.4, 0.5) is 5.69 Å². The van der Waals surface area contributed by atoms with Crippen molar-refractivity contribution in [3.05, 3.63) is 46.4 Å². The molecule has 1 unspecified atom stereocenters. The number of fused-ring (bicyclic) bond motifs is 3. The number of amides is 1. The van der Waals surface area contributed by atoms with Gasteiger partial charge in [-0.3, -0.25) is 4.79 Å². The van der Waals surface area contributed by atoms with Gasteiger partial charge >= 0.3 is 0 Å². The molecule has 0 fully saturated rings. The number of rotatable bonds is 6. The Labute approximate surface area is 204 Å². The third-order valence-electron chi connectivity index (χ3n) is 5.33. The highest BCUT2D eigenvalue weighted by Gasteiger charge is 2.45. The number of halogens is 1. The molecule has 1 aliphatic heterocycles. The Morgan fingerprint density at radius 2 is 2.03 bits per heavy atom. The number of nitrogens with zero attached hydrogens (tertiary/aromatic N) is 4. The van der Waals surface area contributed by atoms with Crippen LogP contribution in [0.1, 0.15) is 32.0 Å². The predicted octanol–water partition coefficient (Wildman–Crippen LogP) is 3.70. The van der Waals surface area contributed by atoms with Crippen LogP contribution in [0, 0.1) is 0 Å². The minimum atomic E-state index is -0.733. The van der Waals surface area contributed by atoms with Gasteiger partial charge in [-0.2, -0.15) is 0 Å². The standard InChI is InChI=1S/C23H23BrN4O4S/c1-5-19(29)27-16-10-8-7-9-13(16)20-21(30)25-23(33-4)26-28(20)22(27)14-11-18(32-6-2)17(31-3)12-15(14)24/h7-12,22H,5-6H2,1-4H3. The number of benzene rings is 2. The number of ether oxygens (including phenoxy) is 2. The van der Waals surface area contributed by atoms with Crippen LogP contribution < -0.4 is 24.2 Å². The van der Waals surface area contributed by atoms with E-state index in [2.05, 4.69) is 26.0 Å². The molecule has 0 bridgehead atoms.